The van der Waals surface area contributed by atoms with Gasteiger partial charge >= 0.3 is 5.97 Å². The lowest BCUT2D eigenvalue weighted by Gasteiger charge is -2.49. The molecule has 1 aromatic heterocycles. The van der Waals surface area contributed by atoms with Crippen molar-refractivity contribution >= 4 is 51.4 Å². The van der Waals surface area contributed by atoms with E-state index in [1.807, 2.05) is 0 Å². The largest absolute Gasteiger partial charge is 0.497 e. The number of fused-ring (bicyclic) bond motifs is 7. The first-order chi connectivity index (χ1) is 16.3. The maximum absolute atomic E-state index is 13.1. The molecule has 1 aromatic carbocycles. The first kappa shape index (κ1) is 24.0. The third kappa shape index (κ3) is 3.73. The highest BCUT2D eigenvalue weighted by Gasteiger charge is 2.55. The number of alkyl halides is 2. The minimum Gasteiger partial charge on any atom is -0.497 e. The van der Waals surface area contributed by atoms with E-state index < -0.39 is 10.7 Å². The Bertz CT molecular complexity index is 1150. The summed E-state index contributed by atoms with van der Waals surface area (Å²) in [5.41, 5.74) is 4.29. The normalized spacial score (nSPS) is 26.8. The summed E-state index contributed by atoms with van der Waals surface area (Å²) in [7, 11) is 1.72. The Kier molecular flexibility index (Phi) is 6.36. The van der Waals surface area contributed by atoms with Crippen LogP contribution in [0, 0.1) is 11.8 Å². The van der Waals surface area contributed by atoms with Crippen molar-refractivity contribution in [2.45, 2.75) is 62.1 Å². The van der Waals surface area contributed by atoms with Crippen LogP contribution in [0.2, 0.25) is 0 Å². The summed E-state index contributed by atoms with van der Waals surface area (Å²) in [5, 5.41) is 3.28. The lowest BCUT2D eigenvalue weighted by atomic mass is 9.54. The number of methoxy groups -OCH3 is 1. The maximum Gasteiger partial charge on any atom is 0.341 e. The number of hydrogen-bond acceptors (Lipinski definition) is 5. The standard InChI is InChI=1S/C26H29Cl2NO4S/c1-4-33-25(31)20-21-19(34-24(20)29-23(30)22(27)28)12-18-17-7-5-13-11-14(32-3)6-8-15(13)16(17)9-10-26(18,21)2/h6,8,11,16-18,22H,4-5,7,9-10,12H2,1-3H3,(H,29,30). The monoisotopic (exact) mass is 521 g/mol. The minimum absolute atomic E-state index is 0.136. The molecule has 4 atom stereocenters. The molecule has 5 nitrogen and oxygen atoms in total. The van der Waals surface area contributed by atoms with Crippen molar-refractivity contribution in [2.24, 2.45) is 11.8 Å². The molecule has 34 heavy (non-hydrogen) atoms. The fraction of sp³-hybridized carbons (Fsp3) is 0.538. The number of anilines is 1. The van der Waals surface area contributed by atoms with Crippen molar-refractivity contribution in [1.82, 2.24) is 0 Å². The number of halogens is 2. The number of esters is 1. The smallest absolute Gasteiger partial charge is 0.341 e. The van der Waals surface area contributed by atoms with Crippen molar-refractivity contribution in [3.05, 3.63) is 45.3 Å². The molecule has 0 spiro atoms. The van der Waals surface area contributed by atoms with Gasteiger partial charge in [-0.15, -0.1) is 11.3 Å². The number of amides is 1. The van der Waals surface area contributed by atoms with Gasteiger partial charge in [-0.3, -0.25) is 4.79 Å². The number of nitrogens with one attached hydrogen (secondary N) is 1. The Labute approximate surface area is 214 Å². The van der Waals surface area contributed by atoms with Crippen LogP contribution in [0.15, 0.2) is 18.2 Å². The van der Waals surface area contributed by atoms with Crippen molar-refractivity contribution in [3.8, 4) is 5.75 Å². The summed E-state index contributed by atoms with van der Waals surface area (Å²) in [4.78, 5) is 25.3. The number of rotatable bonds is 5. The Morgan fingerprint density at radius 3 is 2.79 bits per heavy atom. The number of benzene rings is 1. The van der Waals surface area contributed by atoms with Crippen LogP contribution < -0.4 is 10.1 Å². The average molecular weight is 522 g/mol. The van der Waals surface area contributed by atoms with Crippen molar-refractivity contribution in [1.29, 1.82) is 0 Å². The van der Waals surface area contributed by atoms with E-state index in [0.29, 0.717) is 28.3 Å². The molecule has 0 radical (unpaired) electrons. The second-order valence-electron chi connectivity index (χ2n) is 9.76. The molecule has 0 saturated heterocycles. The molecule has 0 bridgehead atoms. The van der Waals surface area contributed by atoms with E-state index in [1.54, 1.807) is 14.0 Å². The van der Waals surface area contributed by atoms with Gasteiger partial charge in [-0.05, 0) is 91.0 Å². The number of carbonyl (C=O) groups excluding carboxylic acids is 2. The summed E-state index contributed by atoms with van der Waals surface area (Å²) in [6.07, 6.45) is 5.16. The molecule has 1 heterocycles. The molecule has 3 aliphatic carbocycles. The molecule has 0 aliphatic heterocycles. The number of aryl methyl sites for hydroxylation is 1. The highest BCUT2D eigenvalue weighted by atomic mass is 35.5. The topological polar surface area (TPSA) is 64.6 Å². The van der Waals surface area contributed by atoms with E-state index in [2.05, 4.69) is 30.4 Å². The zero-order valence-electron chi connectivity index (χ0n) is 19.6. The molecule has 3 aliphatic rings. The van der Waals surface area contributed by atoms with Crippen molar-refractivity contribution in [2.75, 3.05) is 19.0 Å². The van der Waals surface area contributed by atoms with Gasteiger partial charge in [-0.25, -0.2) is 4.79 Å². The van der Waals surface area contributed by atoms with E-state index >= 15 is 0 Å². The molecule has 5 rings (SSSR count). The van der Waals surface area contributed by atoms with E-state index in [9.17, 15) is 9.59 Å². The first-order valence-corrected chi connectivity index (χ1v) is 13.6. The van der Waals surface area contributed by atoms with Gasteiger partial charge in [-0.2, -0.15) is 0 Å². The van der Waals surface area contributed by atoms with Crippen LogP contribution in [0.1, 0.15) is 71.0 Å². The summed E-state index contributed by atoms with van der Waals surface area (Å²) in [6, 6.07) is 6.53. The number of hydrogen-bond donors (Lipinski definition) is 1. The number of ether oxygens (including phenoxy) is 2. The van der Waals surface area contributed by atoms with Crippen LogP contribution in [0.5, 0.6) is 5.75 Å². The van der Waals surface area contributed by atoms with Gasteiger partial charge in [0.2, 0.25) is 0 Å². The van der Waals surface area contributed by atoms with E-state index in [-0.39, 0.29) is 18.0 Å². The molecule has 1 N–H and O–H groups in total. The first-order valence-electron chi connectivity index (χ1n) is 11.9. The Hall–Kier alpha value is -1.76. The summed E-state index contributed by atoms with van der Waals surface area (Å²) < 4.78 is 10.9. The second kappa shape index (κ2) is 9.03. The van der Waals surface area contributed by atoms with E-state index in [1.165, 1.54) is 27.3 Å². The lowest BCUT2D eigenvalue weighted by Crippen LogP contribution is -2.43. The zero-order valence-corrected chi connectivity index (χ0v) is 21.9. The molecule has 4 unspecified atom stereocenters. The lowest BCUT2D eigenvalue weighted by molar-refractivity contribution is -0.114. The van der Waals surface area contributed by atoms with Crippen LogP contribution >= 0.6 is 34.5 Å². The van der Waals surface area contributed by atoms with Crippen LogP contribution in [-0.2, 0) is 27.8 Å². The van der Waals surface area contributed by atoms with Crippen molar-refractivity contribution < 1.29 is 19.1 Å². The fourth-order valence-corrected chi connectivity index (χ4v) is 8.27. The highest BCUT2D eigenvalue weighted by Crippen LogP contribution is 2.63. The molecular weight excluding hydrogens is 493 g/mol. The molecular formula is C26H29Cl2NO4S. The van der Waals surface area contributed by atoms with Gasteiger partial charge in [-0.1, -0.05) is 36.2 Å². The van der Waals surface area contributed by atoms with Gasteiger partial charge in [0.1, 0.15) is 10.8 Å². The van der Waals surface area contributed by atoms with Crippen molar-refractivity contribution in [3.63, 3.8) is 0 Å². The molecule has 8 heteroatoms. The molecule has 1 amide bonds. The van der Waals surface area contributed by atoms with E-state index in [4.69, 9.17) is 32.7 Å². The SMILES string of the molecule is CCOC(=O)c1c(NC(=O)C(Cl)Cl)sc2c1C1(C)CCC3c4ccc(OC)cc4CCC3C1C2. The quantitative estimate of drug-likeness (QED) is 0.373. The third-order valence-corrected chi connectivity index (χ3v) is 9.72. The van der Waals surface area contributed by atoms with E-state index in [0.717, 1.165) is 43.4 Å². The highest BCUT2D eigenvalue weighted by molar-refractivity contribution is 7.17. The Morgan fingerprint density at radius 2 is 2.09 bits per heavy atom. The van der Waals surface area contributed by atoms with Crippen LogP contribution in [-0.4, -0.2) is 30.4 Å². The third-order valence-electron chi connectivity index (χ3n) is 8.20. The summed E-state index contributed by atoms with van der Waals surface area (Å²) >= 11 is 13.0. The predicted octanol–water partition coefficient (Wildman–Crippen LogP) is 6.25. The maximum atomic E-state index is 13.1. The van der Waals surface area contributed by atoms with Crippen LogP contribution in [0.3, 0.4) is 0 Å². The van der Waals surface area contributed by atoms with Gasteiger partial charge in [0.25, 0.3) is 5.91 Å². The van der Waals surface area contributed by atoms with Gasteiger partial charge in [0.15, 0.2) is 4.84 Å². The Balaban J connectivity index is 1.52. The summed E-state index contributed by atoms with van der Waals surface area (Å²) in [6.45, 7) is 4.37. The second-order valence-corrected chi connectivity index (χ2v) is 12.0. The minimum atomic E-state index is -1.20. The number of carbonyl (C=O) groups is 2. The predicted molar refractivity (Wildman–Crippen MR) is 136 cm³/mol. The molecule has 1 fully saturated rings. The van der Waals surface area contributed by atoms with Gasteiger partial charge in [0, 0.05) is 4.88 Å². The van der Waals surface area contributed by atoms with Gasteiger partial charge < -0.3 is 14.8 Å². The van der Waals surface area contributed by atoms with Crippen LogP contribution in [0.25, 0.3) is 0 Å². The van der Waals surface area contributed by atoms with Crippen LogP contribution in [0.4, 0.5) is 5.00 Å². The summed E-state index contributed by atoms with van der Waals surface area (Å²) in [5.74, 6) is 1.54. The Morgan fingerprint density at radius 1 is 1.29 bits per heavy atom. The molecule has 2 aromatic rings. The number of thiophene rings is 1. The molecule has 182 valence electrons. The molecule has 1 saturated carbocycles. The zero-order chi connectivity index (χ0) is 24.2. The van der Waals surface area contributed by atoms with Gasteiger partial charge in [0.05, 0.1) is 19.3 Å². The fourth-order valence-electron chi connectivity index (χ4n) is 6.77. The average Bonchev–Trinajstić information content (AvgIpc) is 3.32.